The van der Waals surface area contributed by atoms with Crippen LogP contribution in [0.5, 0.6) is 0 Å². The lowest BCUT2D eigenvalue weighted by Crippen LogP contribution is -2.31. The van der Waals surface area contributed by atoms with E-state index in [9.17, 15) is 14.9 Å². The molecule has 0 radical (unpaired) electrons. The Hall–Kier alpha value is -2.68. The summed E-state index contributed by atoms with van der Waals surface area (Å²) >= 11 is 5.95. The molecular formula is C13H15ClN6O3. The van der Waals surface area contributed by atoms with Gasteiger partial charge in [-0.2, -0.15) is 0 Å². The standard InChI is InChI=1S/C13H15ClN6O3/c1-8-16-17-12(19(8)3)7-18(2)13(21)15-11-5-4-9(20(22)23)6-10(11)14/h4-6H,7H2,1-3H3,(H,15,21). The number of hydrogen-bond donors (Lipinski definition) is 1. The van der Waals surface area contributed by atoms with Gasteiger partial charge in [0, 0.05) is 26.2 Å². The molecule has 1 heterocycles. The van der Waals surface area contributed by atoms with Crippen molar-refractivity contribution in [2.45, 2.75) is 13.5 Å². The Morgan fingerprint density at radius 3 is 2.70 bits per heavy atom. The van der Waals surface area contributed by atoms with E-state index in [0.29, 0.717) is 11.5 Å². The van der Waals surface area contributed by atoms with E-state index in [1.165, 1.54) is 23.1 Å². The number of nitrogens with one attached hydrogen (secondary N) is 1. The van der Waals surface area contributed by atoms with Crippen molar-refractivity contribution >= 4 is 29.0 Å². The van der Waals surface area contributed by atoms with Crippen LogP contribution in [0.2, 0.25) is 5.02 Å². The minimum atomic E-state index is -0.556. The highest BCUT2D eigenvalue weighted by molar-refractivity contribution is 6.33. The average Bonchev–Trinajstić information content (AvgIpc) is 2.81. The van der Waals surface area contributed by atoms with E-state index in [-0.39, 0.29) is 17.3 Å². The molecule has 0 bridgehead atoms. The summed E-state index contributed by atoms with van der Waals surface area (Å²) in [6, 6.07) is 3.43. The molecule has 9 nitrogen and oxygen atoms in total. The highest BCUT2D eigenvalue weighted by Crippen LogP contribution is 2.26. The first-order valence-electron chi connectivity index (χ1n) is 6.60. The number of halogens is 1. The monoisotopic (exact) mass is 338 g/mol. The number of benzene rings is 1. The van der Waals surface area contributed by atoms with Crippen LogP contribution < -0.4 is 5.32 Å². The third-order valence-corrected chi connectivity index (χ3v) is 3.63. The third-order valence-electron chi connectivity index (χ3n) is 3.31. The number of rotatable bonds is 4. The Balaban J connectivity index is 2.06. The van der Waals surface area contributed by atoms with Crippen molar-refractivity contribution in [1.82, 2.24) is 19.7 Å². The first-order valence-corrected chi connectivity index (χ1v) is 6.98. The Bertz CT molecular complexity index is 760. The fourth-order valence-corrected chi connectivity index (χ4v) is 2.02. The van der Waals surface area contributed by atoms with E-state index in [1.807, 2.05) is 14.0 Å². The van der Waals surface area contributed by atoms with Crippen LogP contribution in [0, 0.1) is 17.0 Å². The Morgan fingerprint density at radius 1 is 1.48 bits per heavy atom. The molecule has 23 heavy (non-hydrogen) atoms. The van der Waals surface area contributed by atoms with Gasteiger partial charge in [-0.25, -0.2) is 4.79 Å². The first kappa shape index (κ1) is 16.7. The van der Waals surface area contributed by atoms with Gasteiger partial charge in [0.1, 0.15) is 5.82 Å². The summed E-state index contributed by atoms with van der Waals surface area (Å²) in [5.74, 6) is 1.38. The Labute approximate surface area is 137 Å². The summed E-state index contributed by atoms with van der Waals surface area (Å²) in [5, 5.41) is 21.3. The first-order chi connectivity index (χ1) is 10.8. The van der Waals surface area contributed by atoms with Gasteiger partial charge in [0.25, 0.3) is 5.69 Å². The fourth-order valence-electron chi connectivity index (χ4n) is 1.80. The number of nitro groups is 1. The van der Waals surface area contributed by atoms with Gasteiger partial charge in [-0.15, -0.1) is 10.2 Å². The molecule has 1 N–H and O–H groups in total. The molecule has 0 saturated carbocycles. The topological polar surface area (TPSA) is 106 Å². The minimum Gasteiger partial charge on any atom is -0.320 e. The van der Waals surface area contributed by atoms with Crippen LogP contribution in [0.3, 0.4) is 0 Å². The van der Waals surface area contributed by atoms with Crippen LogP contribution in [-0.4, -0.2) is 37.7 Å². The Morgan fingerprint density at radius 2 is 2.17 bits per heavy atom. The molecule has 0 spiro atoms. The lowest BCUT2D eigenvalue weighted by atomic mass is 10.3. The van der Waals surface area contributed by atoms with E-state index >= 15 is 0 Å². The molecule has 10 heteroatoms. The van der Waals surface area contributed by atoms with Crippen LogP contribution >= 0.6 is 11.6 Å². The number of nitrogens with zero attached hydrogens (tertiary/aromatic N) is 5. The molecular weight excluding hydrogens is 324 g/mol. The number of amides is 2. The number of hydrogen-bond acceptors (Lipinski definition) is 5. The molecule has 0 unspecified atom stereocenters. The number of urea groups is 1. The predicted octanol–water partition coefficient (Wildman–Crippen LogP) is 2.35. The van der Waals surface area contributed by atoms with Crippen molar-refractivity contribution in [2.75, 3.05) is 12.4 Å². The number of carbonyl (C=O) groups excluding carboxylic acids is 1. The molecule has 1 aromatic heterocycles. The summed E-state index contributed by atoms with van der Waals surface area (Å²) in [6.07, 6.45) is 0. The van der Waals surface area contributed by atoms with Crippen molar-refractivity contribution in [3.05, 3.63) is 45.0 Å². The average molecular weight is 339 g/mol. The second kappa shape index (κ2) is 6.61. The van der Waals surface area contributed by atoms with E-state index in [0.717, 1.165) is 5.82 Å². The van der Waals surface area contributed by atoms with Gasteiger partial charge in [-0.05, 0) is 13.0 Å². The van der Waals surface area contributed by atoms with Gasteiger partial charge < -0.3 is 14.8 Å². The number of anilines is 1. The summed E-state index contributed by atoms with van der Waals surface area (Å²) in [5.41, 5.74) is 0.152. The number of nitro benzene ring substituents is 1. The number of carbonyl (C=O) groups is 1. The van der Waals surface area contributed by atoms with Gasteiger partial charge in [0.05, 0.1) is 22.2 Å². The van der Waals surface area contributed by atoms with Gasteiger partial charge >= 0.3 is 6.03 Å². The lowest BCUT2D eigenvalue weighted by Gasteiger charge is -2.18. The maximum atomic E-state index is 12.2. The zero-order chi connectivity index (χ0) is 17.1. The fraction of sp³-hybridized carbons (Fsp3) is 0.308. The molecule has 0 fully saturated rings. The molecule has 1 aromatic carbocycles. The van der Waals surface area contributed by atoms with Crippen LogP contribution in [0.1, 0.15) is 11.6 Å². The van der Waals surface area contributed by atoms with Crippen LogP contribution in [0.25, 0.3) is 0 Å². The quantitative estimate of drug-likeness (QED) is 0.680. The molecule has 122 valence electrons. The number of aryl methyl sites for hydroxylation is 1. The normalized spacial score (nSPS) is 10.4. The second-order valence-electron chi connectivity index (χ2n) is 4.93. The minimum absolute atomic E-state index is 0.0930. The van der Waals surface area contributed by atoms with Crippen LogP contribution in [-0.2, 0) is 13.6 Å². The summed E-state index contributed by atoms with van der Waals surface area (Å²) in [4.78, 5) is 23.7. The highest BCUT2D eigenvalue weighted by Gasteiger charge is 2.16. The molecule has 0 aliphatic heterocycles. The molecule has 0 atom stereocenters. The Kier molecular flexibility index (Phi) is 4.80. The maximum Gasteiger partial charge on any atom is 0.322 e. The molecule has 0 aliphatic carbocycles. The summed E-state index contributed by atoms with van der Waals surface area (Å²) < 4.78 is 1.78. The molecule has 2 amide bonds. The zero-order valence-corrected chi connectivity index (χ0v) is 13.5. The van der Waals surface area contributed by atoms with Crippen molar-refractivity contribution in [3.8, 4) is 0 Å². The second-order valence-corrected chi connectivity index (χ2v) is 5.34. The van der Waals surface area contributed by atoms with E-state index in [2.05, 4.69) is 15.5 Å². The van der Waals surface area contributed by atoms with E-state index < -0.39 is 11.0 Å². The highest BCUT2D eigenvalue weighted by atomic mass is 35.5. The van der Waals surface area contributed by atoms with Gasteiger partial charge in [0.15, 0.2) is 5.82 Å². The molecule has 2 aromatic rings. The van der Waals surface area contributed by atoms with E-state index in [1.54, 1.807) is 11.6 Å². The van der Waals surface area contributed by atoms with Crippen molar-refractivity contribution in [2.24, 2.45) is 7.05 Å². The molecule has 0 saturated heterocycles. The summed E-state index contributed by atoms with van der Waals surface area (Å²) in [6.45, 7) is 2.07. The van der Waals surface area contributed by atoms with Crippen LogP contribution in [0.15, 0.2) is 18.2 Å². The lowest BCUT2D eigenvalue weighted by molar-refractivity contribution is -0.384. The number of aromatic nitrogens is 3. The van der Waals surface area contributed by atoms with Gasteiger partial charge in [-0.3, -0.25) is 10.1 Å². The van der Waals surface area contributed by atoms with Crippen molar-refractivity contribution in [3.63, 3.8) is 0 Å². The predicted molar refractivity (Wildman–Crippen MR) is 84.3 cm³/mol. The maximum absolute atomic E-state index is 12.2. The molecule has 0 aliphatic rings. The van der Waals surface area contributed by atoms with Crippen molar-refractivity contribution < 1.29 is 9.72 Å². The largest absolute Gasteiger partial charge is 0.322 e. The van der Waals surface area contributed by atoms with Gasteiger partial charge in [-0.1, -0.05) is 11.6 Å². The SMILES string of the molecule is Cc1nnc(CN(C)C(=O)Nc2ccc([N+](=O)[O-])cc2Cl)n1C. The van der Waals surface area contributed by atoms with E-state index in [4.69, 9.17) is 11.6 Å². The van der Waals surface area contributed by atoms with Gasteiger partial charge in [0.2, 0.25) is 0 Å². The number of non-ortho nitro benzene ring substituents is 1. The zero-order valence-electron chi connectivity index (χ0n) is 12.8. The smallest absolute Gasteiger partial charge is 0.320 e. The third kappa shape index (κ3) is 3.75. The summed E-state index contributed by atoms with van der Waals surface area (Å²) in [7, 11) is 3.41. The van der Waals surface area contributed by atoms with Crippen molar-refractivity contribution in [1.29, 1.82) is 0 Å². The molecule has 2 rings (SSSR count). The van der Waals surface area contributed by atoms with Crippen LogP contribution in [0.4, 0.5) is 16.2 Å².